The number of hydrogen-bond donors (Lipinski definition) is 0. The topological polar surface area (TPSA) is 50.2 Å². The van der Waals surface area contributed by atoms with E-state index in [1.165, 1.54) is 12.2 Å². The number of ether oxygens (including phenoxy) is 1. The molecular formula is C22H34N4O3. The summed E-state index contributed by atoms with van der Waals surface area (Å²) >= 11 is 0. The van der Waals surface area contributed by atoms with Gasteiger partial charge in [0.2, 0.25) is 0 Å². The van der Waals surface area contributed by atoms with Crippen LogP contribution in [0.1, 0.15) is 23.7 Å². The molecule has 2 aromatic rings. The molecule has 0 aliphatic carbocycles. The first-order chi connectivity index (χ1) is 14.1. The molecule has 1 amide bonds. The Balaban J connectivity index is 1.53. The number of hydroxylamine groups is 2. The summed E-state index contributed by atoms with van der Waals surface area (Å²) in [7, 11) is 3.15. The highest BCUT2D eigenvalue weighted by Gasteiger charge is 2.19. The molecule has 1 aliphatic rings. The summed E-state index contributed by atoms with van der Waals surface area (Å²) in [5.74, 6) is -0.120. The van der Waals surface area contributed by atoms with Crippen LogP contribution in [-0.4, -0.2) is 92.0 Å². The fraction of sp³-hybridized carbons (Fsp3) is 0.591. The number of rotatable bonds is 10. The highest BCUT2D eigenvalue weighted by molar-refractivity contribution is 6.06. The van der Waals surface area contributed by atoms with Gasteiger partial charge >= 0.3 is 0 Å². The van der Waals surface area contributed by atoms with Crippen LogP contribution in [0.5, 0.6) is 0 Å². The molecule has 160 valence electrons. The minimum absolute atomic E-state index is 0.120. The van der Waals surface area contributed by atoms with Crippen LogP contribution in [-0.2, 0) is 16.1 Å². The zero-order chi connectivity index (χ0) is 20.6. The van der Waals surface area contributed by atoms with Gasteiger partial charge < -0.3 is 14.2 Å². The molecule has 7 nitrogen and oxygen atoms in total. The van der Waals surface area contributed by atoms with Gasteiger partial charge in [-0.05, 0) is 26.0 Å². The number of aromatic nitrogens is 1. The van der Waals surface area contributed by atoms with Crippen molar-refractivity contribution in [3.05, 3.63) is 36.0 Å². The Morgan fingerprint density at radius 2 is 1.76 bits per heavy atom. The second-order valence-corrected chi connectivity index (χ2v) is 7.47. The highest BCUT2D eigenvalue weighted by atomic mass is 16.7. The molecule has 1 saturated heterocycles. The van der Waals surface area contributed by atoms with Gasteiger partial charge in [0.05, 0.1) is 19.3 Å². The molecule has 0 spiro atoms. The molecule has 0 N–H and O–H groups in total. The lowest BCUT2D eigenvalue weighted by molar-refractivity contribution is -0.0755. The van der Waals surface area contributed by atoms with Crippen molar-refractivity contribution in [2.24, 2.45) is 0 Å². The van der Waals surface area contributed by atoms with Crippen molar-refractivity contribution in [2.75, 3.05) is 66.6 Å². The van der Waals surface area contributed by atoms with E-state index in [4.69, 9.17) is 9.57 Å². The van der Waals surface area contributed by atoms with Crippen LogP contribution >= 0.6 is 0 Å². The summed E-state index contributed by atoms with van der Waals surface area (Å²) in [6.07, 6.45) is 3.03. The number of carbonyl (C=O) groups excluding carboxylic acids is 1. The zero-order valence-electron chi connectivity index (χ0n) is 18.0. The van der Waals surface area contributed by atoms with Gasteiger partial charge in [0.15, 0.2) is 0 Å². The van der Waals surface area contributed by atoms with Crippen LogP contribution in [0.4, 0.5) is 0 Å². The number of amides is 1. The molecule has 0 atom stereocenters. The van der Waals surface area contributed by atoms with E-state index in [2.05, 4.69) is 20.4 Å². The van der Waals surface area contributed by atoms with Crippen molar-refractivity contribution in [2.45, 2.75) is 19.9 Å². The first-order valence-electron chi connectivity index (χ1n) is 10.6. The molecule has 1 aliphatic heterocycles. The molecule has 0 radical (unpaired) electrons. The molecule has 0 bridgehead atoms. The fourth-order valence-corrected chi connectivity index (χ4v) is 3.89. The molecule has 3 rings (SSSR count). The molecule has 29 heavy (non-hydrogen) atoms. The van der Waals surface area contributed by atoms with Crippen LogP contribution < -0.4 is 0 Å². The maximum atomic E-state index is 12.6. The van der Waals surface area contributed by atoms with Gasteiger partial charge in [0.1, 0.15) is 0 Å². The third kappa shape index (κ3) is 5.57. The van der Waals surface area contributed by atoms with Gasteiger partial charge in [-0.15, -0.1) is 0 Å². The second kappa shape index (κ2) is 10.7. The maximum Gasteiger partial charge on any atom is 0.279 e. The SMILES string of the molecule is CCOCCN1CCN(CCCn2cc(C(=O)N(C)OC)c3ccccc32)CC1. The number of piperazine rings is 1. The molecule has 2 heterocycles. The minimum atomic E-state index is -0.120. The van der Waals surface area contributed by atoms with Gasteiger partial charge in [0, 0.05) is 70.0 Å². The summed E-state index contributed by atoms with van der Waals surface area (Å²) in [4.78, 5) is 22.7. The normalized spacial score (nSPS) is 15.8. The molecular weight excluding hydrogens is 368 g/mol. The Bertz CT molecular complexity index is 783. The second-order valence-electron chi connectivity index (χ2n) is 7.47. The van der Waals surface area contributed by atoms with Gasteiger partial charge in [-0.25, -0.2) is 5.06 Å². The highest BCUT2D eigenvalue weighted by Crippen LogP contribution is 2.23. The molecule has 1 aromatic heterocycles. The average Bonchev–Trinajstić information content (AvgIpc) is 3.12. The lowest BCUT2D eigenvalue weighted by Crippen LogP contribution is -2.47. The van der Waals surface area contributed by atoms with E-state index in [9.17, 15) is 4.79 Å². The molecule has 7 heteroatoms. The summed E-state index contributed by atoms with van der Waals surface area (Å²) in [6.45, 7) is 11.1. The van der Waals surface area contributed by atoms with E-state index in [0.29, 0.717) is 5.56 Å². The molecule has 0 unspecified atom stereocenters. The third-order valence-electron chi connectivity index (χ3n) is 5.67. The maximum absolute atomic E-state index is 12.6. The Morgan fingerprint density at radius 3 is 2.45 bits per heavy atom. The van der Waals surface area contributed by atoms with E-state index in [-0.39, 0.29) is 5.91 Å². The average molecular weight is 403 g/mol. The first-order valence-corrected chi connectivity index (χ1v) is 10.6. The number of nitrogens with zero attached hydrogens (tertiary/aromatic N) is 4. The fourth-order valence-electron chi connectivity index (χ4n) is 3.89. The zero-order valence-corrected chi connectivity index (χ0v) is 18.0. The van der Waals surface area contributed by atoms with Crippen LogP contribution in [0.15, 0.2) is 30.5 Å². The van der Waals surface area contributed by atoms with Crippen LogP contribution in [0.2, 0.25) is 0 Å². The Morgan fingerprint density at radius 1 is 1.07 bits per heavy atom. The van der Waals surface area contributed by atoms with Crippen LogP contribution in [0, 0.1) is 0 Å². The first kappa shape index (κ1) is 21.8. The van der Waals surface area contributed by atoms with Crippen LogP contribution in [0.3, 0.4) is 0 Å². The smallest absolute Gasteiger partial charge is 0.279 e. The Kier molecular flexibility index (Phi) is 8.06. The quantitative estimate of drug-likeness (QED) is 0.451. The molecule has 0 saturated carbocycles. The van der Waals surface area contributed by atoms with Gasteiger partial charge in [-0.3, -0.25) is 14.5 Å². The number of aryl methyl sites for hydroxylation is 1. The largest absolute Gasteiger partial charge is 0.380 e. The van der Waals surface area contributed by atoms with E-state index in [1.54, 1.807) is 7.05 Å². The van der Waals surface area contributed by atoms with Crippen LogP contribution in [0.25, 0.3) is 10.9 Å². The third-order valence-corrected chi connectivity index (χ3v) is 5.67. The lowest BCUT2D eigenvalue weighted by atomic mass is 10.1. The minimum Gasteiger partial charge on any atom is -0.380 e. The lowest BCUT2D eigenvalue weighted by Gasteiger charge is -2.34. The van der Waals surface area contributed by atoms with Crippen molar-refractivity contribution < 1.29 is 14.4 Å². The van der Waals surface area contributed by atoms with E-state index in [1.807, 2.05) is 31.3 Å². The Labute approximate surface area is 173 Å². The predicted molar refractivity (Wildman–Crippen MR) is 115 cm³/mol. The molecule has 1 fully saturated rings. The van der Waals surface area contributed by atoms with Crippen molar-refractivity contribution in [3.63, 3.8) is 0 Å². The Hall–Kier alpha value is -1.93. The summed E-state index contributed by atoms with van der Waals surface area (Å²) in [5.41, 5.74) is 1.79. The van der Waals surface area contributed by atoms with Crippen molar-refractivity contribution in [1.82, 2.24) is 19.4 Å². The molecule has 1 aromatic carbocycles. The summed E-state index contributed by atoms with van der Waals surface area (Å²) in [5, 5.41) is 2.25. The van der Waals surface area contributed by atoms with Gasteiger partial charge in [0.25, 0.3) is 5.91 Å². The van der Waals surface area contributed by atoms with Gasteiger partial charge in [-0.1, -0.05) is 18.2 Å². The predicted octanol–water partition coefficient (Wildman–Crippen LogP) is 2.32. The number of fused-ring (bicyclic) bond motifs is 1. The van der Waals surface area contributed by atoms with E-state index < -0.39 is 0 Å². The monoisotopic (exact) mass is 402 g/mol. The van der Waals surface area contributed by atoms with E-state index in [0.717, 1.165) is 76.4 Å². The number of para-hydroxylation sites is 1. The number of benzene rings is 1. The number of hydrogen-bond acceptors (Lipinski definition) is 5. The van der Waals surface area contributed by atoms with Gasteiger partial charge in [-0.2, -0.15) is 0 Å². The number of carbonyl (C=O) groups is 1. The standard InChI is InChI=1S/C22H34N4O3/c1-4-29-17-16-25-14-12-24(13-15-25)10-7-11-26-18-20(22(27)23(2)28-3)19-8-5-6-9-21(19)26/h5-6,8-9,18H,4,7,10-17H2,1-3H3. The van der Waals surface area contributed by atoms with Crippen molar-refractivity contribution in [3.8, 4) is 0 Å². The summed E-state index contributed by atoms with van der Waals surface area (Å²) < 4.78 is 7.66. The summed E-state index contributed by atoms with van der Waals surface area (Å²) in [6, 6.07) is 8.08. The van der Waals surface area contributed by atoms with Crippen molar-refractivity contribution >= 4 is 16.8 Å². The van der Waals surface area contributed by atoms with E-state index >= 15 is 0 Å². The van der Waals surface area contributed by atoms with Crippen molar-refractivity contribution in [1.29, 1.82) is 0 Å².